The molecule has 0 atom stereocenters. The molecule has 0 radical (unpaired) electrons. The van der Waals surface area contributed by atoms with Gasteiger partial charge in [0, 0.05) is 5.54 Å². The molecule has 0 aromatic carbocycles. The number of rotatable bonds is 5. The molecule has 0 aliphatic carbocycles. The van der Waals surface area contributed by atoms with Gasteiger partial charge in [0.05, 0.1) is 25.0 Å². The molecule has 1 aromatic rings. The third-order valence-corrected chi connectivity index (χ3v) is 3.01. The number of anilines is 1. The minimum Gasteiger partial charge on any atom is -0.374 e. The van der Waals surface area contributed by atoms with Crippen molar-refractivity contribution in [1.82, 2.24) is 15.1 Å². The Morgan fingerprint density at radius 2 is 2.20 bits per heavy atom. The summed E-state index contributed by atoms with van der Waals surface area (Å²) in [6, 6.07) is 0. The second kappa shape index (κ2) is 6.69. The minimum atomic E-state index is -0.290. The summed E-state index contributed by atoms with van der Waals surface area (Å²) in [7, 11) is 0. The SMILES string of the molecule is C=CCn1ncc(NCC(=O)NC(C)(C)C)c(Br)c1=O. The summed E-state index contributed by atoms with van der Waals surface area (Å²) in [6.45, 7) is 9.67. The minimum absolute atomic E-state index is 0.0719. The summed E-state index contributed by atoms with van der Waals surface area (Å²) in [5.74, 6) is -0.153. The number of nitrogens with zero attached hydrogens (tertiary/aromatic N) is 2. The Kier molecular flexibility index (Phi) is 5.50. The van der Waals surface area contributed by atoms with Gasteiger partial charge in [-0.2, -0.15) is 5.10 Å². The Hall–Kier alpha value is -1.63. The van der Waals surface area contributed by atoms with Crippen LogP contribution in [0.15, 0.2) is 28.1 Å². The molecule has 0 saturated heterocycles. The number of nitrogens with one attached hydrogen (secondary N) is 2. The standard InChI is InChI=1S/C13H19BrN4O2/c1-5-6-18-12(20)11(14)9(7-16-18)15-8-10(19)17-13(2,3)4/h5,7,15H,1,6,8H2,2-4H3,(H,17,19). The molecule has 0 aliphatic rings. The van der Waals surface area contributed by atoms with Crippen LogP contribution in [0.2, 0.25) is 0 Å². The van der Waals surface area contributed by atoms with E-state index in [4.69, 9.17) is 0 Å². The van der Waals surface area contributed by atoms with Crippen molar-refractivity contribution >= 4 is 27.5 Å². The first-order valence-corrected chi connectivity index (χ1v) is 6.95. The van der Waals surface area contributed by atoms with Gasteiger partial charge in [-0.3, -0.25) is 9.59 Å². The van der Waals surface area contributed by atoms with Crippen molar-refractivity contribution in [2.75, 3.05) is 11.9 Å². The summed E-state index contributed by atoms with van der Waals surface area (Å²) >= 11 is 3.21. The Morgan fingerprint density at radius 3 is 2.75 bits per heavy atom. The van der Waals surface area contributed by atoms with Gasteiger partial charge in [-0.15, -0.1) is 6.58 Å². The van der Waals surface area contributed by atoms with Gasteiger partial charge in [0.25, 0.3) is 5.56 Å². The smallest absolute Gasteiger partial charge is 0.283 e. The zero-order chi connectivity index (χ0) is 15.3. The lowest BCUT2D eigenvalue weighted by atomic mass is 10.1. The van der Waals surface area contributed by atoms with E-state index in [1.54, 1.807) is 6.08 Å². The number of carbonyl (C=O) groups excluding carboxylic acids is 1. The predicted octanol–water partition coefficient (Wildman–Crippen LogP) is 1.52. The van der Waals surface area contributed by atoms with E-state index in [0.717, 1.165) is 0 Å². The molecule has 0 unspecified atom stereocenters. The molecule has 20 heavy (non-hydrogen) atoms. The van der Waals surface area contributed by atoms with Crippen molar-refractivity contribution < 1.29 is 4.79 Å². The maximum Gasteiger partial charge on any atom is 0.283 e. The van der Waals surface area contributed by atoms with Gasteiger partial charge in [0.1, 0.15) is 4.47 Å². The molecule has 7 heteroatoms. The fraction of sp³-hybridized carbons (Fsp3) is 0.462. The number of amides is 1. The first kappa shape index (κ1) is 16.4. The van der Waals surface area contributed by atoms with Crippen molar-refractivity contribution in [3.8, 4) is 0 Å². The van der Waals surface area contributed by atoms with Gasteiger partial charge in [0.2, 0.25) is 5.91 Å². The second-order valence-electron chi connectivity index (χ2n) is 5.30. The largest absolute Gasteiger partial charge is 0.374 e. The van der Waals surface area contributed by atoms with Gasteiger partial charge in [-0.05, 0) is 36.7 Å². The second-order valence-corrected chi connectivity index (χ2v) is 6.09. The normalized spacial score (nSPS) is 11.0. The first-order chi connectivity index (χ1) is 9.24. The highest BCUT2D eigenvalue weighted by atomic mass is 79.9. The highest BCUT2D eigenvalue weighted by Crippen LogP contribution is 2.15. The number of hydrogen-bond acceptors (Lipinski definition) is 4. The van der Waals surface area contributed by atoms with Crippen LogP contribution < -0.4 is 16.2 Å². The van der Waals surface area contributed by atoms with Crippen LogP contribution >= 0.6 is 15.9 Å². The van der Waals surface area contributed by atoms with E-state index in [-0.39, 0.29) is 23.6 Å². The third kappa shape index (κ3) is 4.80. The summed E-state index contributed by atoms with van der Waals surface area (Å²) < 4.78 is 1.62. The maximum absolute atomic E-state index is 11.9. The van der Waals surface area contributed by atoms with E-state index in [9.17, 15) is 9.59 Å². The lowest BCUT2D eigenvalue weighted by Gasteiger charge is -2.20. The molecular weight excluding hydrogens is 324 g/mol. The molecule has 0 saturated carbocycles. The van der Waals surface area contributed by atoms with E-state index in [2.05, 4.69) is 38.2 Å². The fourth-order valence-electron chi connectivity index (χ4n) is 1.48. The monoisotopic (exact) mass is 342 g/mol. The van der Waals surface area contributed by atoms with Crippen LogP contribution in [0.4, 0.5) is 5.69 Å². The van der Waals surface area contributed by atoms with Gasteiger partial charge in [0.15, 0.2) is 0 Å². The van der Waals surface area contributed by atoms with Crippen molar-refractivity contribution in [2.45, 2.75) is 32.9 Å². The van der Waals surface area contributed by atoms with Crippen LogP contribution in [0.5, 0.6) is 0 Å². The Balaban J connectivity index is 2.75. The lowest BCUT2D eigenvalue weighted by Crippen LogP contribution is -2.43. The van der Waals surface area contributed by atoms with E-state index in [0.29, 0.717) is 16.7 Å². The van der Waals surface area contributed by atoms with Crippen LogP contribution in [0.25, 0.3) is 0 Å². The average molecular weight is 343 g/mol. The Morgan fingerprint density at radius 1 is 1.55 bits per heavy atom. The molecule has 110 valence electrons. The molecular formula is C13H19BrN4O2. The number of allylic oxidation sites excluding steroid dienone is 1. The van der Waals surface area contributed by atoms with Crippen molar-refractivity contribution in [3.63, 3.8) is 0 Å². The maximum atomic E-state index is 11.9. The Bertz CT molecular complexity index is 560. The predicted molar refractivity (Wildman–Crippen MR) is 82.8 cm³/mol. The van der Waals surface area contributed by atoms with Crippen LogP contribution in [0.1, 0.15) is 20.8 Å². The zero-order valence-electron chi connectivity index (χ0n) is 11.9. The summed E-state index contributed by atoms with van der Waals surface area (Å²) in [6.07, 6.45) is 3.09. The molecule has 1 heterocycles. The Labute approximate surface area is 126 Å². The molecule has 0 bridgehead atoms. The average Bonchev–Trinajstić information content (AvgIpc) is 2.32. The van der Waals surface area contributed by atoms with Crippen LogP contribution in [0.3, 0.4) is 0 Å². The molecule has 0 aliphatic heterocycles. The van der Waals surface area contributed by atoms with E-state index in [1.165, 1.54) is 10.9 Å². The van der Waals surface area contributed by atoms with Gasteiger partial charge in [-0.25, -0.2) is 4.68 Å². The van der Waals surface area contributed by atoms with E-state index < -0.39 is 0 Å². The summed E-state index contributed by atoms with van der Waals surface area (Å²) in [5.41, 5.74) is -0.0766. The molecule has 0 fully saturated rings. The van der Waals surface area contributed by atoms with Crippen molar-refractivity contribution in [2.24, 2.45) is 0 Å². The highest BCUT2D eigenvalue weighted by Gasteiger charge is 2.14. The number of hydrogen-bond donors (Lipinski definition) is 2. The van der Waals surface area contributed by atoms with Crippen LogP contribution in [-0.2, 0) is 11.3 Å². The summed E-state index contributed by atoms with van der Waals surface area (Å²) in [4.78, 5) is 23.6. The van der Waals surface area contributed by atoms with Gasteiger partial charge < -0.3 is 10.6 Å². The fourth-order valence-corrected chi connectivity index (χ4v) is 1.93. The van der Waals surface area contributed by atoms with Crippen molar-refractivity contribution in [3.05, 3.63) is 33.7 Å². The summed E-state index contributed by atoms with van der Waals surface area (Å²) in [5, 5.41) is 9.70. The van der Waals surface area contributed by atoms with Crippen LogP contribution in [-0.4, -0.2) is 27.8 Å². The van der Waals surface area contributed by atoms with Crippen molar-refractivity contribution in [1.29, 1.82) is 0 Å². The molecule has 1 rings (SSSR count). The first-order valence-electron chi connectivity index (χ1n) is 6.16. The highest BCUT2D eigenvalue weighted by molar-refractivity contribution is 9.10. The molecule has 6 nitrogen and oxygen atoms in total. The van der Waals surface area contributed by atoms with E-state index in [1.807, 2.05) is 20.8 Å². The number of halogens is 1. The molecule has 1 amide bonds. The van der Waals surface area contributed by atoms with Gasteiger partial charge in [-0.1, -0.05) is 6.08 Å². The van der Waals surface area contributed by atoms with E-state index >= 15 is 0 Å². The third-order valence-electron chi connectivity index (χ3n) is 2.24. The molecule has 0 spiro atoms. The molecule has 2 N–H and O–H groups in total. The topological polar surface area (TPSA) is 76.0 Å². The molecule has 1 aromatic heterocycles. The lowest BCUT2D eigenvalue weighted by molar-refractivity contribution is -0.120. The number of carbonyl (C=O) groups is 1. The quantitative estimate of drug-likeness (QED) is 0.795. The van der Waals surface area contributed by atoms with Gasteiger partial charge >= 0.3 is 0 Å². The van der Waals surface area contributed by atoms with Crippen LogP contribution in [0, 0.1) is 0 Å². The zero-order valence-corrected chi connectivity index (χ0v) is 13.5. The number of aromatic nitrogens is 2.